The Hall–Kier alpha value is -4.19. The molecule has 4 rings (SSSR count). The molecule has 30 heavy (non-hydrogen) atoms. The first-order valence-corrected chi connectivity index (χ1v) is 9.41. The zero-order valence-corrected chi connectivity index (χ0v) is 16.1. The van der Waals surface area contributed by atoms with Crippen LogP contribution < -0.4 is 15.7 Å². The lowest BCUT2D eigenvalue weighted by atomic mass is 10.2. The molecule has 0 saturated carbocycles. The van der Waals surface area contributed by atoms with Gasteiger partial charge in [-0.25, -0.2) is 9.66 Å². The molecule has 6 nitrogen and oxygen atoms in total. The van der Waals surface area contributed by atoms with Crippen LogP contribution in [0.25, 0.3) is 17.0 Å². The second-order valence-electron chi connectivity index (χ2n) is 6.59. The molecule has 3 aromatic carbocycles. The molecule has 0 aliphatic heterocycles. The fraction of sp³-hybridized carbons (Fsp3) is 0.0417. The first-order valence-electron chi connectivity index (χ1n) is 9.41. The molecule has 0 bridgehead atoms. The fourth-order valence-electron chi connectivity index (χ4n) is 2.89. The van der Waals surface area contributed by atoms with Gasteiger partial charge in [0, 0.05) is 6.08 Å². The largest absolute Gasteiger partial charge is 0.489 e. The number of amides is 1. The smallest absolute Gasteiger partial charge is 0.280 e. The Morgan fingerprint density at radius 2 is 1.70 bits per heavy atom. The van der Waals surface area contributed by atoms with Crippen LogP contribution in [0.1, 0.15) is 11.1 Å². The summed E-state index contributed by atoms with van der Waals surface area (Å²) in [5, 5.41) is 0.440. The number of nitrogens with zero attached hydrogens (tertiary/aromatic N) is 2. The molecule has 0 aliphatic rings. The fourth-order valence-corrected chi connectivity index (χ4v) is 2.89. The topological polar surface area (TPSA) is 73.2 Å². The summed E-state index contributed by atoms with van der Waals surface area (Å²) in [5.41, 5.74) is 4.69. The van der Waals surface area contributed by atoms with Crippen molar-refractivity contribution in [3.8, 4) is 5.75 Å². The number of hydrogen-bond donors (Lipinski definition) is 1. The summed E-state index contributed by atoms with van der Waals surface area (Å²) in [6.07, 6.45) is 4.33. The number of carbonyl (C=O) groups is 1. The molecule has 148 valence electrons. The van der Waals surface area contributed by atoms with Crippen LogP contribution in [0.4, 0.5) is 0 Å². The zero-order valence-electron chi connectivity index (χ0n) is 16.1. The molecular formula is C24H19N3O3. The van der Waals surface area contributed by atoms with Gasteiger partial charge in [0.2, 0.25) is 0 Å². The number of fused-ring (bicyclic) bond motifs is 1. The average molecular weight is 397 g/mol. The number of aromatic nitrogens is 2. The van der Waals surface area contributed by atoms with Gasteiger partial charge in [-0.1, -0.05) is 54.6 Å². The van der Waals surface area contributed by atoms with E-state index in [1.54, 1.807) is 30.3 Å². The summed E-state index contributed by atoms with van der Waals surface area (Å²) in [6.45, 7) is 0.493. The molecule has 1 N–H and O–H groups in total. The Labute approximate surface area is 173 Å². The van der Waals surface area contributed by atoms with Gasteiger partial charge in [-0.05, 0) is 41.5 Å². The summed E-state index contributed by atoms with van der Waals surface area (Å²) < 4.78 is 6.83. The lowest BCUT2D eigenvalue weighted by Crippen LogP contribution is -2.32. The summed E-state index contributed by atoms with van der Waals surface area (Å²) in [7, 11) is 0. The Kier molecular flexibility index (Phi) is 5.66. The highest BCUT2D eigenvalue weighted by Gasteiger charge is 2.05. The maximum atomic E-state index is 12.4. The predicted octanol–water partition coefficient (Wildman–Crippen LogP) is 3.76. The molecule has 0 unspecified atom stereocenters. The van der Waals surface area contributed by atoms with Crippen LogP contribution in [0.15, 0.2) is 96.1 Å². The van der Waals surface area contributed by atoms with Gasteiger partial charge in [-0.2, -0.15) is 0 Å². The maximum Gasteiger partial charge on any atom is 0.280 e. The molecule has 4 aromatic rings. The van der Waals surface area contributed by atoms with E-state index in [4.69, 9.17) is 4.74 Å². The van der Waals surface area contributed by atoms with E-state index in [2.05, 4.69) is 10.4 Å². The molecule has 0 aliphatic carbocycles. The number of rotatable bonds is 6. The molecule has 1 heterocycles. The molecule has 6 heteroatoms. The lowest BCUT2D eigenvalue weighted by molar-refractivity contribution is -0.112. The third-order valence-electron chi connectivity index (χ3n) is 4.45. The van der Waals surface area contributed by atoms with Gasteiger partial charge in [0.15, 0.2) is 0 Å². The Morgan fingerprint density at radius 3 is 2.50 bits per heavy atom. The maximum absolute atomic E-state index is 12.4. The normalized spacial score (nSPS) is 10.9. The van der Waals surface area contributed by atoms with Crippen molar-refractivity contribution in [2.45, 2.75) is 6.61 Å². The van der Waals surface area contributed by atoms with Crippen molar-refractivity contribution in [2.75, 3.05) is 5.43 Å². The van der Waals surface area contributed by atoms with E-state index < -0.39 is 5.91 Å². The standard InChI is InChI=1S/C24H19N3O3/c28-23(26-27-17-25-22-9-5-4-8-21(22)24(27)29)15-12-18-10-13-20(14-11-18)30-16-19-6-2-1-3-7-19/h1-15,17H,16H2,(H,26,28)/b15-12+. The van der Waals surface area contributed by atoms with Crippen LogP contribution >= 0.6 is 0 Å². The van der Waals surface area contributed by atoms with Crippen LogP contribution in [0, 0.1) is 0 Å². The Morgan fingerprint density at radius 1 is 0.967 bits per heavy atom. The third-order valence-corrected chi connectivity index (χ3v) is 4.45. The molecular weight excluding hydrogens is 378 g/mol. The number of hydrogen-bond acceptors (Lipinski definition) is 4. The van der Waals surface area contributed by atoms with Gasteiger partial charge in [0.05, 0.1) is 10.9 Å². The number of ether oxygens (including phenoxy) is 1. The zero-order chi connectivity index (χ0) is 20.8. The molecule has 0 saturated heterocycles. The van der Waals surface area contributed by atoms with Crippen molar-refractivity contribution < 1.29 is 9.53 Å². The van der Waals surface area contributed by atoms with E-state index in [9.17, 15) is 9.59 Å². The van der Waals surface area contributed by atoms with E-state index in [1.165, 1.54) is 12.4 Å². The third kappa shape index (κ3) is 4.62. The quantitative estimate of drug-likeness (QED) is 0.503. The molecule has 1 aromatic heterocycles. The van der Waals surface area contributed by atoms with E-state index in [1.807, 2.05) is 54.6 Å². The highest BCUT2D eigenvalue weighted by molar-refractivity contribution is 5.97. The first-order chi connectivity index (χ1) is 14.7. The van der Waals surface area contributed by atoms with Crippen LogP contribution in [0.2, 0.25) is 0 Å². The highest BCUT2D eigenvalue weighted by Crippen LogP contribution is 2.15. The number of nitrogens with one attached hydrogen (secondary N) is 1. The van der Waals surface area contributed by atoms with E-state index in [-0.39, 0.29) is 5.56 Å². The second-order valence-corrected chi connectivity index (χ2v) is 6.59. The van der Waals surface area contributed by atoms with Crippen molar-refractivity contribution >= 4 is 22.9 Å². The first kappa shape index (κ1) is 19.1. The number of benzene rings is 3. The van der Waals surface area contributed by atoms with Gasteiger partial charge in [-0.15, -0.1) is 0 Å². The number of para-hydroxylation sites is 1. The van der Waals surface area contributed by atoms with Crippen LogP contribution in [0.5, 0.6) is 5.75 Å². The SMILES string of the molecule is O=C(/C=C/c1ccc(OCc2ccccc2)cc1)Nn1cnc2ccccc2c1=O. The summed E-state index contributed by atoms with van der Waals surface area (Å²) in [4.78, 5) is 28.8. The minimum Gasteiger partial charge on any atom is -0.489 e. The van der Waals surface area contributed by atoms with E-state index in [0.717, 1.165) is 21.6 Å². The van der Waals surface area contributed by atoms with Crippen molar-refractivity contribution in [3.05, 3.63) is 113 Å². The minimum absolute atomic E-state index is 0.331. The average Bonchev–Trinajstić information content (AvgIpc) is 2.80. The van der Waals surface area contributed by atoms with Crippen molar-refractivity contribution in [3.63, 3.8) is 0 Å². The monoisotopic (exact) mass is 397 g/mol. The summed E-state index contributed by atoms with van der Waals surface area (Å²) in [5.74, 6) is 0.313. The van der Waals surface area contributed by atoms with Crippen LogP contribution in [-0.4, -0.2) is 15.6 Å². The van der Waals surface area contributed by atoms with Gasteiger partial charge in [0.1, 0.15) is 18.7 Å². The molecule has 0 atom stereocenters. The van der Waals surface area contributed by atoms with Gasteiger partial charge in [0.25, 0.3) is 11.5 Å². The van der Waals surface area contributed by atoms with E-state index in [0.29, 0.717) is 17.5 Å². The molecule has 1 amide bonds. The van der Waals surface area contributed by atoms with Gasteiger partial charge < -0.3 is 4.74 Å². The molecule has 0 radical (unpaired) electrons. The van der Waals surface area contributed by atoms with Crippen LogP contribution in [-0.2, 0) is 11.4 Å². The number of carbonyl (C=O) groups excluding carboxylic acids is 1. The highest BCUT2D eigenvalue weighted by atomic mass is 16.5. The molecule has 0 spiro atoms. The predicted molar refractivity (Wildman–Crippen MR) is 117 cm³/mol. The Balaban J connectivity index is 1.37. The Bertz CT molecular complexity index is 1250. The second kappa shape index (κ2) is 8.87. The van der Waals surface area contributed by atoms with Gasteiger partial charge in [-0.3, -0.25) is 15.0 Å². The minimum atomic E-state index is -0.432. The van der Waals surface area contributed by atoms with Gasteiger partial charge >= 0.3 is 0 Å². The van der Waals surface area contributed by atoms with Crippen LogP contribution in [0.3, 0.4) is 0 Å². The van der Waals surface area contributed by atoms with Crippen molar-refractivity contribution in [1.82, 2.24) is 9.66 Å². The van der Waals surface area contributed by atoms with Crippen molar-refractivity contribution in [1.29, 1.82) is 0 Å². The summed E-state index contributed by atoms with van der Waals surface area (Å²) in [6, 6.07) is 24.3. The van der Waals surface area contributed by atoms with E-state index >= 15 is 0 Å². The summed E-state index contributed by atoms with van der Waals surface area (Å²) >= 11 is 0. The lowest BCUT2D eigenvalue weighted by Gasteiger charge is -2.07. The van der Waals surface area contributed by atoms with Crippen molar-refractivity contribution in [2.24, 2.45) is 0 Å². The molecule has 0 fully saturated rings.